The van der Waals surface area contributed by atoms with E-state index in [1.54, 1.807) is 0 Å². The maximum Gasteiger partial charge on any atom is 0.264 e. The smallest absolute Gasteiger partial charge is 0.264 e. The van der Waals surface area contributed by atoms with Gasteiger partial charge in [-0.2, -0.15) is 10.0 Å². The van der Waals surface area contributed by atoms with Crippen LogP contribution < -0.4 is 25.5 Å². The van der Waals surface area contributed by atoms with Crippen molar-refractivity contribution in [2.75, 3.05) is 22.3 Å². The van der Waals surface area contributed by atoms with E-state index in [1.807, 2.05) is 11.3 Å². The van der Waals surface area contributed by atoms with Gasteiger partial charge in [-0.1, -0.05) is 101 Å². The number of rotatable bonds is 1. The normalized spacial score (nSPS) is 17.2. The molecule has 5 heteroatoms. The van der Waals surface area contributed by atoms with Gasteiger partial charge in [0.2, 0.25) is 0 Å². The minimum Gasteiger partial charge on any atom is -0.310 e. The highest BCUT2D eigenvalue weighted by Gasteiger charge is 2.49. The molecule has 0 saturated carbocycles. The monoisotopic (exact) mass is 708 g/mol. The first kappa shape index (κ1) is 30.9. The van der Waals surface area contributed by atoms with Crippen molar-refractivity contribution in [1.82, 2.24) is 0 Å². The Morgan fingerprint density at radius 1 is 0.635 bits per heavy atom. The van der Waals surface area contributed by atoms with E-state index in [2.05, 4.69) is 178 Å². The van der Waals surface area contributed by atoms with Gasteiger partial charge in [0, 0.05) is 47.1 Å². The molecule has 254 valence electrons. The van der Waals surface area contributed by atoms with Crippen LogP contribution in [0.2, 0.25) is 0 Å². The lowest BCUT2D eigenvalue weighted by atomic mass is 9.36. The van der Waals surface area contributed by atoms with Crippen molar-refractivity contribution < 1.29 is 0 Å². The van der Waals surface area contributed by atoms with Gasteiger partial charge in [0.1, 0.15) is 0 Å². The second-order valence-electron chi connectivity index (χ2n) is 17.0. The zero-order valence-electron chi connectivity index (χ0n) is 30.8. The van der Waals surface area contributed by atoms with Gasteiger partial charge in [0.15, 0.2) is 0 Å². The molecule has 7 aromatic rings. The molecule has 11 rings (SSSR count). The van der Waals surface area contributed by atoms with Crippen molar-refractivity contribution >= 4 is 88.0 Å². The molecule has 0 radical (unpaired) electrons. The number of hydrogen-bond donors (Lipinski definition) is 0. The lowest BCUT2D eigenvalue weighted by Gasteiger charge is -2.50. The van der Waals surface area contributed by atoms with Crippen molar-refractivity contribution in [3.8, 4) is 11.1 Å². The second-order valence-corrected chi connectivity index (χ2v) is 21.6. The van der Waals surface area contributed by atoms with Crippen molar-refractivity contribution in [3.63, 3.8) is 0 Å². The van der Waals surface area contributed by atoms with Crippen molar-refractivity contribution in [2.45, 2.75) is 55.2 Å². The van der Waals surface area contributed by atoms with Gasteiger partial charge in [-0.3, -0.25) is 0 Å². The van der Waals surface area contributed by atoms with Gasteiger partial charge < -0.3 is 9.80 Å². The van der Waals surface area contributed by atoms with Gasteiger partial charge in [-0.05, 0) is 111 Å². The number of anilines is 6. The number of benzene rings is 6. The van der Waals surface area contributed by atoms with E-state index in [0.29, 0.717) is 0 Å². The molecule has 0 unspecified atom stereocenters. The fourth-order valence-electron chi connectivity index (χ4n) is 9.86. The predicted molar refractivity (Wildman–Crippen MR) is 228 cm³/mol. The van der Waals surface area contributed by atoms with Crippen LogP contribution in [0, 0.1) is 0 Å². The minimum absolute atomic E-state index is 0.0468. The number of para-hydroxylation sites is 2. The fourth-order valence-corrected chi connectivity index (χ4v) is 13.7. The molecule has 2 nitrogen and oxygen atoms in total. The standard InChI is InChI=1S/C47H41BN2S2/c1-46(2,3)28-22-24-29(25-23-28)49-37-18-13-19-38-42(37)48(35-16-12-21-41-44(35)50(38)36-17-10-11-20-40(36)52(41,6)7)45-43(49)32-26-31-30-14-8-9-15-33(30)47(4,5)34(31)27-39(32)51-45/h8-27H,1-7H3. The largest absolute Gasteiger partial charge is 0.310 e. The fraction of sp³-hybridized carbons (Fsp3) is 0.191. The summed E-state index contributed by atoms with van der Waals surface area (Å²) in [6.07, 6.45) is 4.97. The van der Waals surface area contributed by atoms with E-state index in [9.17, 15) is 0 Å². The number of fused-ring (bicyclic) bond motifs is 11. The average Bonchev–Trinajstić information content (AvgIpc) is 3.61. The molecule has 0 amide bonds. The number of thiophene rings is 1. The molecule has 0 fully saturated rings. The van der Waals surface area contributed by atoms with E-state index >= 15 is 0 Å². The molecule has 0 bridgehead atoms. The summed E-state index contributed by atoms with van der Waals surface area (Å²) in [5, 5.41) is 1.35. The van der Waals surface area contributed by atoms with Crippen LogP contribution >= 0.6 is 21.4 Å². The van der Waals surface area contributed by atoms with Crippen LogP contribution in [-0.2, 0) is 10.8 Å². The maximum atomic E-state index is 2.61. The summed E-state index contributed by atoms with van der Waals surface area (Å²) >= 11 is 2.02. The van der Waals surface area contributed by atoms with Gasteiger partial charge in [-0.25, -0.2) is 0 Å². The Morgan fingerprint density at radius 2 is 1.31 bits per heavy atom. The third-order valence-electron chi connectivity index (χ3n) is 12.5. The van der Waals surface area contributed by atoms with Crippen LogP contribution in [0.15, 0.2) is 131 Å². The van der Waals surface area contributed by atoms with Crippen molar-refractivity contribution in [3.05, 3.63) is 138 Å². The topological polar surface area (TPSA) is 6.48 Å². The lowest BCUT2D eigenvalue weighted by molar-refractivity contribution is 0.590. The summed E-state index contributed by atoms with van der Waals surface area (Å²) in [5.41, 5.74) is 17.7. The summed E-state index contributed by atoms with van der Waals surface area (Å²) in [5.74, 6) is 0. The second kappa shape index (κ2) is 10.0. The molecule has 4 heterocycles. The van der Waals surface area contributed by atoms with Crippen molar-refractivity contribution in [1.29, 1.82) is 0 Å². The SMILES string of the molecule is CC(C)(C)c1ccc(N2c3cccc4c3B(c3cccc5c3N4c3ccccc3S5(C)C)c3sc4cc5c(cc4c32)-c2ccccc2C5(C)C)cc1. The Labute approximate surface area is 313 Å². The first-order chi connectivity index (χ1) is 25.0. The molecular formula is C47H41BN2S2. The summed E-state index contributed by atoms with van der Waals surface area (Å²) in [6, 6.07) is 46.9. The molecule has 0 atom stereocenters. The van der Waals surface area contributed by atoms with E-state index in [4.69, 9.17) is 0 Å². The van der Waals surface area contributed by atoms with Crippen LogP contribution in [0.25, 0.3) is 21.2 Å². The summed E-state index contributed by atoms with van der Waals surface area (Å²) in [6.45, 7) is 11.8. The Kier molecular flexibility index (Phi) is 5.96. The highest BCUT2D eigenvalue weighted by Crippen LogP contribution is 2.67. The lowest BCUT2D eigenvalue weighted by Crippen LogP contribution is -2.61. The van der Waals surface area contributed by atoms with E-state index in [1.165, 1.54) is 97.5 Å². The van der Waals surface area contributed by atoms with E-state index in [0.717, 1.165) is 0 Å². The highest BCUT2D eigenvalue weighted by molar-refractivity contribution is 8.33. The van der Waals surface area contributed by atoms with Crippen LogP contribution in [-0.4, -0.2) is 19.2 Å². The van der Waals surface area contributed by atoms with Crippen LogP contribution in [0.5, 0.6) is 0 Å². The van der Waals surface area contributed by atoms with Gasteiger partial charge in [-0.15, -0.1) is 11.3 Å². The number of nitrogens with zero attached hydrogens (tertiary/aromatic N) is 2. The van der Waals surface area contributed by atoms with E-state index < -0.39 is 10.0 Å². The highest BCUT2D eigenvalue weighted by atomic mass is 32.3. The Morgan fingerprint density at radius 3 is 2.10 bits per heavy atom. The Hall–Kier alpha value is -4.71. The summed E-state index contributed by atoms with van der Waals surface area (Å²) < 4.78 is 2.82. The molecule has 6 aromatic carbocycles. The third-order valence-corrected chi connectivity index (χ3v) is 16.6. The quantitative estimate of drug-likeness (QED) is 0.157. The molecule has 0 spiro atoms. The maximum absolute atomic E-state index is 2.61. The third kappa shape index (κ3) is 3.78. The minimum atomic E-state index is -1.23. The summed E-state index contributed by atoms with van der Waals surface area (Å²) in [4.78, 5) is 8.16. The van der Waals surface area contributed by atoms with Crippen LogP contribution in [0.1, 0.15) is 51.3 Å². The van der Waals surface area contributed by atoms with Gasteiger partial charge in [0.25, 0.3) is 6.71 Å². The molecular weight excluding hydrogens is 667 g/mol. The predicted octanol–water partition coefficient (Wildman–Crippen LogP) is 11.4. The molecule has 1 aliphatic carbocycles. The van der Waals surface area contributed by atoms with Crippen LogP contribution in [0.4, 0.5) is 34.1 Å². The molecule has 0 N–H and O–H groups in total. The molecule has 0 saturated heterocycles. The average molecular weight is 709 g/mol. The van der Waals surface area contributed by atoms with Crippen molar-refractivity contribution in [2.24, 2.45) is 0 Å². The number of hydrogen-bond acceptors (Lipinski definition) is 3. The molecule has 1 aromatic heterocycles. The Balaban J connectivity index is 1.25. The van der Waals surface area contributed by atoms with E-state index in [-0.39, 0.29) is 17.5 Å². The first-order valence-corrected chi connectivity index (χ1v) is 21.7. The molecule has 3 aliphatic heterocycles. The summed E-state index contributed by atoms with van der Waals surface area (Å²) in [7, 11) is -1.23. The van der Waals surface area contributed by atoms with Gasteiger partial charge in [0.05, 0.1) is 17.1 Å². The van der Waals surface area contributed by atoms with Crippen LogP contribution in [0.3, 0.4) is 0 Å². The van der Waals surface area contributed by atoms with Gasteiger partial charge >= 0.3 is 0 Å². The molecule has 4 aliphatic rings. The zero-order chi connectivity index (χ0) is 35.5. The zero-order valence-corrected chi connectivity index (χ0v) is 32.5. The first-order valence-electron chi connectivity index (χ1n) is 18.5. The Bertz CT molecular complexity index is 2690. The molecule has 52 heavy (non-hydrogen) atoms.